The zero-order valence-electron chi connectivity index (χ0n) is 10.4. The standard InChI is InChI=1S/C12H14BrN3OS/c1-7(17)10-5-4-9(6-11(10)13)18-12-15-14-8(2)16(12)3/h4-7,17H,1-3H3. The van der Waals surface area contributed by atoms with Crippen molar-refractivity contribution in [2.24, 2.45) is 7.05 Å². The van der Waals surface area contributed by atoms with Gasteiger partial charge in [-0.15, -0.1) is 10.2 Å². The number of rotatable bonds is 3. The van der Waals surface area contributed by atoms with Crippen molar-refractivity contribution in [2.45, 2.75) is 30.0 Å². The van der Waals surface area contributed by atoms with Crippen LogP contribution in [0.15, 0.2) is 32.7 Å². The molecule has 1 atom stereocenters. The number of hydrogen-bond acceptors (Lipinski definition) is 4. The maximum Gasteiger partial charge on any atom is 0.195 e. The topological polar surface area (TPSA) is 50.9 Å². The van der Waals surface area contributed by atoms with E-state index < -0.39 is 6.10 Å². The minimum absolute atomic E-state index is 0.476. The number of aliphatic hydroxyl groups excluding tert-OH is 1. The average molecular weight is 328 g/mol. The summed E-state index contributed by atoms with van der Waals surface area (Å²) in [5, 5.41) is 18.6. The third-order valence-corrected chi connectivity index (χ3v) is 4.40. The van der Waals surface area contributed by atoms with E-state index in [9.17, 15) is 5.11 Å². The number of nitrogens with zero attached hydrogens (tertiary/aromatic N) is 3. The Morgan fingerprint density at radius 3 is 2.61 bits per heavy atom. The number of aliphatic hydroxyl groups is 1. The van der Waals surface area contributed by atoms with Crippen LogP contribution in [0.4, 0.5) is 0 Å². The second kappa shape index (κ2) is 5.42. The molecule has 6 heteroatoms. The molecule has 1 aromatic heterocycles. The number of halogens is 1. The van der Waals surface area contributed by atoms with Gasteiger partial charge < -0.3 is 9.67 Å². The molecule has 2 rings (SSSR count). The molecule has 0 saturated carbocycles. The van der Waals surface area contributed by atoms with Crippen LogP contribution in [0.5, 0.6) is 0 Å². The fraction of sp³-hybridized carbons (Fsp3) is 0.333. The Morgan fingerprint density at radius 1 is 1.39 bits per heavy atom. The van der Waals surface area contributed by atoms with Gasteiger partial charge in [0.05, 0.1) is 6.10 Å². The van der Waals surface area contributed by atoms with Crippen LogP contribution in [0.3, 0.4) is 0 Å². The highest BCUT2D eigenvalue weighted by Gasteiger charge is 2.10. The lowest BCUT2D eigenvalue weighted by atomic mass is 10.1. The highest BCUT2D eigenvalue weighted by Crippen LogP contribution is 2.31. The van der Waals surface area contributed by atoms with Gasteiger partial charge in [0.25, 0.3) is 0 Å². The zero-order chi connectivity index (χ0) is 13.3. The van der Waals surface area contributed by atoms with Crippen molar-refractivity contribution in [3.05, 3.63) is 34.1 Å². The third-order valence-electron chi connectivity index (χ3n) is 2.68. The van der Waals surface area contributed by atoms with Crippen molar-refractivity contribution in [3.8, 4) is 0 Å². The summed E-state index contributed by atoms with van der Waals surface area (Å²) in [6.45, 7) is 3.67. The van der Waals surface area contributed by atoms with E-state index in [4.69, 9.17) is 0 Å². The molecule has 0 saturated heterocycles. The molecule has 0 fully saturated rings. The molecule has 1 N–H and O–H groups in total. The van der Waals surface area contributed by atoms with Crippen molar-refractivity contribution in [1.29, 1.82) is 0 Å². The molecule has 0 aliphatic carbocycles. The number of aromatic nitrogens is 3. The van der Waals surface area contributed by atoms with Gasteiger partial charge in [0.1, 0.15) is 5.82 Å². The van der Waals surface area contributed by atoms with Crippen LogP contribution in [0.1, 0.15) is 24.4 Å². The van der Waals surface area contributed by atoms with Crippen LogP contribution >= 0.6 is 27.7 Å². The summed E-state index contributed by atoms with van der Waals surface area (Å²) < 4.78 is 2.85. The Labute approximate surface area is 119 Å². The Balaban J connectivity index is 2.25. The van der Waals surface area contributed by atoms with Crippen molar-refractivity contribution in [2.75, 3.05) is 0 Å². The molecule has 0 radical (unpaired) electrons. The molecule has 1 unspecified atom stereocenters. The first kappa shape index (κ1) is 13.6. The van der Waals surface area contributed by atoms with Crippen molar-refractivity contribution < 1.29 is 5.11 Å². The van der Waals surface area contributed by atoms with Crippen LogP contribution in [0.25, 0.3) is 0 Å². The Kier molecular flexibility index (Phi) is 4.09. The van der Waals surface area contributed by atoms with E-state index in [0.717, 1.165) is 25.9 Å². The minimum atomic E-state index is -0.476. The van der Waals surface area contributed by atoms with Crippen LogP contribution in [-0.4, -0.2) is 19.9 Å². The molecule has 0 spiro atoms. The highest BCUT2D eigenvalue weighted by molar-refractivity contribution is 9.10. The van der Waals surface area contributed by atoms with Gasteiger partial charge in [0, 0.05) is 16.4 Å². The van der Waals surface area contributed by atoms with Crippen LogP contribution in [0, 0.1) is 6.92 Å². The predicted octanol–water partition coefficient (Wildman–Crippen LogP) is 3.09. The van der Waals surface area contributed by atoms with E-state index >= 15 is 0 Å². The van der Waals surface area contributed by atoms with E-state index in [0.29, 0.717) is 0 Å². The molecular formula is C12H14BrN3OS. The molecule has 1 aromatic carbocycles. The lowest BCUT2D eigenvalue weighted by Crippen LogP contribution is -1.94. The number of benzene rings is 1. The molecule has 96 valence electrons. The maximum absolute atomic E-state index is 9.57. The molecular weight excluding hydrogens is 314 g/mol. The average Bonchev–Trinajstić information content (AvgIpc) is 2.61. The van der Waals surface area contributed by atoms with E-state index in [2.05, 4.69) is 26.1 Å². The quantitative estimate of drug-likeness (QED) is 0.941. The Morgan fingerprint density at radius 2 is 2.11 bits per heavy atom. The van der Waals surface area contributed by atoms with Crippen LogP contribution in [0.2, 0.25) is 0 Å². The number of aryl methyl sites for hydroxylation is 1. The van der Waals surface area contributed by atoms with Gasteiger partial charge in [-0.2, -0.15) is 0 Å². The highest BCUT2D eigenvalue weighted by atomic mass is 79.9. The maximum atomic E-state index is 9.57. The van der Waals surface area contributed by atoms with E-state index in [1.54, 1.807) is 18.7 Å². The molecule has 0 aliphatic heterocycles. The molecule has 1 heterocycles. The predicted molar refractivity (Wildman–Crippen MR) is 74.6 cm³/mol. The smallest absolute Gasteiger partial charge is 0.195 e. The summed E-state index contributed by atoms with van der Waals surface area (Å²) in [6, 6.07) is 5.87. The summed E-state index contributed by atoms with van der Waals surface area (Å²) in [4.78, 5) is 1.06. The normalized spacial score (nSPS) is 12.7. The third kappa shape index (κ3) is 2.76. The molecule has 4 nitrogen and oxygen atoms in total. The fourth-order valence-corrected chi connectivity index (χ4v) is 3.23. The lowest BCUT2D eigenvalue weighted by molar-refractivity contribution is 0.198. The molecule has 0 bridgehead atoms. The van der Waals surface area contributed by atoms with E-state index in [-0.39, 0.29) is 0 Å². The molecule has 0 aliphatic rings. The first-order valence-corrected chi connectivity index (χ1v) is 7.11. The van der Waals surface area contributed by atoms with Crippen LogP contribution < -0.4 is 0 Å². The molecule has 18 heavy (non-hydrogen) atoms. The van der Waals surface area contributed by atoms with Gasteiger partial charge in [0.2, 0.25) is 0 Å². The number of hydrogen-bond donors (Lipinski definition) is 1. The summed E-state index contributed by atoms with van der Waals surface area (Å²) in [6.07, 6.45) is -0.476. The fourth-order valence-electron chi connectivity index (χ4n) is 1.49. The first-order chi connectivity index (χ1) is 8.49. The van der Waals surface area contributed by atoms with Crippen molar-refractivity contribution >= 4 is 27.7 Å². The largest absolute Gasteiger partial charge is 0.389 e. The summed E-state index contributed by atoms with van der Waals surface area (Å²) >= 11 is 5.02. The van der Waals surface area contributed by atoms with Gasteiger partial charge in [-0.1, -0.05) is 22.0 Å². The monoisotopic (exact) mass is 327 g/mol. The Hall–Kier alpha value is -0.850. The second-order valence-corrected chi connectivity index (χ2v) is 5.95. The molecule has 2 aromatic rings. The van der Waals surface area contributed by atoms with E-state index in [1.165, 1.54) is 0 Å². The van der Waals surface area contributed by atoms with Gasteiger partial charge in [-0.3, -0.25) is 0 Å². The van der Waals surface area contributed by atoms with Gasteiger partial charge >= 0.3 is 0 Å². The second-order valence-electron chi connectivity index (χ2n) is 4.05. The van der Waals surface area contributed by atoms with E-state index in [1.807, 2.05) is 36.7 Å². The lowest BCUT2D eigenvalue weighted by Gasteiger charge is -2.09. The SMILES string of the molecule is Cc1nnc(Sc2ccc(C(C)O)c(Br)c2)n1C. The Bertz CT molecular complexity index is 568. The van der Waals surface area contributed by atoms with Gasteiger partial charge in [-0.25, -0.2) is 0 Å². The minimum Gasteiger partial charge on any atom is -0.389 e. The van der Waals surface area contributed by atoms with Crippen molar-refractivity contribution in [3.63, 3.8) is 0 Å². The van der Waals surface area contributed by atoms with Crippen molar-refractivity contribution in [1.82, 2.24) is 14.8 Å². The summed E-state index contributed by atoms with van der Waals surface area (Å²) in [7, 11) is 1.94. The van der Waals surface area contributed by atoms with Crippen LogP contribution in [-0.2, 0) is 7.05 Å². The summed E-state index contributed by atoms with van der Waals surface area (Å²) in [5.41, 5.74) is 0.883. The van der Waals surface area contributed by atoms with Gasteiger partial charge in [-0.05, 0) is 43.3 Å². The van der Waals surface area contributed by atoms with Gasteiger partial charge in [0.15, 0.2) is 5.16 Å². The zero-order valence-corrected chi connectivity index (χ0v) is 12.8. The summed E-state index contributed by atoms with van der Waals surface area (Å²) in [5.74, 6) is 0.886. The molecule has 0 amide bonds. The first-order valence-electron chi connectivity index (χ1n) is 5.50.